The number of halogens is 2. The number of ether oxygens (including phenoxy) is 1. The van der Waals surface area contributed by atoms with Crippen LogP contribution >= 0.6 is 0 Å². The highest BCUT2D eigenvalue weighted by molar-refractivity contribution is 6.05. The van der Waals surface area contributed by atoms with Crippen molar-refractivity contribution >= 4 is 23.6 Å². The highest BCUT2D eigenvalue weighted by Gasteiger charge is 2.41. The molecule has 1 atom stereocenters. The van der Waals surface area contributed by atoms with Gasteiger partial charge in [-0.1, -0.05) is 43.0 Å². The van der Waals surface area contributed by atoms with Crippen molar-refractivity contribution < 1.29 is 32.7 Å². The summed E-state index contributed by atoms with van der Waals surface area (Å²) in [4.78, 5) is 52.2. The standard InChI is InChI=1S/C27H30F2N4O5/c1-18(5-3-2-4-10-32-11-13-38-14-12-32)27(28,29)26(37)30-16-19-6-7-21-20(15-19)17-33(25(21)36)22-8-9-23(34)31-24(22)35/h2-7,15,22H,1,8-14,16-17H2,(H,30,37)(H,31,34,35)/b4-2+,5-3-. The van der Waals surface area contributed by atoms with Crippen molar-refractivity contribution in [1.82, 2.24) is 20.4 Å². The van der Waals surface area contributed by atoms with E-state index >= 15 is 0 Å². The Labute approximate surface area is 219 Å². The lowest BCUT2D eigenvalue weighted by molar-refractivity contribution is -0.140. The molecule has 2 N–H and O–H groups in total. The fourth-order valence-corrected chi connectivity index (χ4v) is 4.53. The number of rotatable bonds is 9. The first-order valence-corrected chi connectivity index (χ1v) is 12.4. The van der Waals surface area contributed by atoms with E-state index in [1.165, 1.54) is 11.0 Å². The third-order valence-electron chi connectivity index (χ3n) is 6.74. The van der Waals surface area contributed by atoms with Gasteiger partial charge in [0.15, 0.2) is 0 Å². The predicted octanol–water partition coefficient (Wildman–Crippen LogP) is 1.70. The largest absolute Gasteiger partial charge is 0.379 e. The van der Waals surface area contributed by atoms with Gasteiger partial charge in [0.1, 0.15) is 6.04 Å². The summed E-state index contributed by atoms with van der Waals surface area (Å²) in [5, 5.41) is 4.47. The number of morpholine rings is 1. The van der Waals surface area contributed by atoms with Gasteiger partial charge in [0.2, 0.25) is 11.8 Å². The van der Waals surface area contributed by atoms with E-state index in [1.54, 1.807) is 24.3 Å². The van der Waals surface area contributed by atoms with Gasteiger partial charge in [-0.15, -0.1) is 0 Å². The van der Waals surface area contributed by atoms with E-state index in [0.29, 0.717) is 36.4 Å². The number of allylic oxidation sites excluding steroid dienone is 3. The lowest BCUT2D eigenvalue weighted by atomic mass is 10.0. The van der Waals surface area contributed by atoms with Crippen molar-refractivity contribution in [3.63, 3.8) is 0 Å². The van der Waals surface area contributed by atoms with Gasteiger partial charge in [-0.25, -0.2) is 0 Å². The number of alkyl halides is 2. The summed E-state index contributed by atoms with van der Waals surface area (Å²) in [5.74, 6) is -6.50. The number of carbonyl (C=O) groups is 4. The maximum atomic E-state index is 14.6. The molecule has 202 valence electrons. The molecule has 4 rings (SSSR count). The molecular formula is C27H30F2N4O5. The zero-order chi connectivity index (χ0) is 27.3. The molecule has 1 aromatic rings. The molecule has 2 saturated heterocycles. The van der Waals surface area contributed by atoms with Crippen molar-refractivity contribution in [2.75, 3.05) is 32.8 Å². The molecule has 3 aliphatic heterocycles. The zero-order valence-electron chi connectivity index (χ0n) is 20.9. The second-order valence-electron chi connectivity index (χ2n) is 9.37. The van der Waals surface area contributed by atoms with Gasteiger partial charge in [-0.05, 0) is 23.6 Å². The number of carbonyl (C=O) groups excluding carboxylic acids is 4. The Kier molecular flexibility index (Phi) is 8.48. The number of amides is 4. The molecule has 3 aliphatic rings. The minimum absolute atomic E-state index is 0.146. The van der Waals surface area contributed by atoms with E-state index in [2.05, 4.69) is 22.1 Å². The van der Waals surface area contributed by atoms with Gasteiger partial charge in [-0.2, -0.15) is 8.78 Å². The average Bonchev–Trinajstić information content (AvgIpc) is 3.22. The highest BCUT2D eigenvalue weighted by Crippen LogP contribution is 2.29. The number of piperidine rings is 1. The quantitative estimate of drug-likeness (QED) is 0.373. The van der Waals surface area contributed by atoms with Crippen LogP contribution in [0.15, 0.2) is 54.7 Å². The van der Waals surface area contributed by atoms with E-state index in [9.17, 15) is 28.0 Å². The van der Waals surface area contributed by atoms with Crippen molar-refractivity contribution in [3.8, 4) is 0 Å². The Hall–Kier alpha value is -3.70. The summed E-state index contributed by atoms with van der Waals surface area (Å²) >= 11 is 0. The Morgan fingerprint density at radius 1 is 1.21 bits per heavy atom. The fraction of sp³-hybridized carbons (Fsp3) is 0.407. The SMILES string of the molecule is C=C(/C=C\C=C\CN1CCOCC1)C(F)(F)C(=O)NCc1ccc2c(c1)CN(C1CCC(=O)NC1=O)C2=O. The van der Waals surface area contributed by atoms with Gasteiger partial charge in [-0.3, -0.25) is 29.4 Å². The molecule has 0 aromatic heterocycles. The number of fused-ring (bicyclic) bond motifs is 1. The third kappa shape index (κ3) is 6.22. The number of nitrogens with one attached hydrogen (secondary N) is 2. The molecule has 0 spiro atoms. The third-order valence-corrected chi connectivity index (χ3v) is 6.74. The molecule has 9 nitrogen and oxygen atoms in total. The molecule has 11 heteroatoms. The summed E-state index contributed by atoms with van der Waals surface area (Å²) < 4.78 is 34.4. The van der Waals surface area contributed by atoms with Crippen LogP contribution < -0.4 is 10.6 Å². The molecule has 0 bridgehead atoms. The predicted molar refractivity (Wildman–Crippen MR) is 134 cm³/mol. The van der Waals surface area contributed by atoms with E-state index < -0.39 is 29.4 Å². The number of hydrogen-bond donors (Lipinski definition) is 2. The Morgan fingerprint density at radius 3 is 2.71 bits per heavy atom. The van der Waals surface area contributed by atoms with Gasteiger partial charge in [0, 0.05) is 50.3 Å². The van der Waals surface area contributed by atoms with Gasteiger partial charge in [0.05, 0.1) is 13.2 Å². The molecular weight excluding hydrogens is 498 g/mol. The topological polar surface area (TPSA) is 108 Å². The smallest absolute Gasteiger partial charge is 0.349 e. The highest BCUT2D eigenvalue weighted by atomic mass is 19.3. The maximum absolute atomic E-state index is 14.6. The summed E-state index contributed by atoms with van der Waals surface area (Å²) in [6, 6.07) is 4.01. The van der Waals surface area contributed by atoms with Crippen LogP contribution in [0.2, 0.25) is 0 Å². The molecule has 38 heavy (non-hydrogen) atoms. The second kappa shape index (κ2) is 11.8. The van der Waals surface area contributed by atoms with E-state index in [4.69, 9.17) is 4.74 Å². The first kappa shape index (κ1) is 27.3. The maximum Gasteiger partial charge on any atom is 0.349 e. The Morgan fingerprint density at radius 2 is 1.97 bits per heavy atom. The first-order valence-electron chi connectivity index (χ1n) is 12.4. The fourth-order valence-electron chi connectivity index (χ4n) is 4.53. The van der Waals surface area contributed by atoms with Crippen LogP contribution in [0.1, 0.15) is 34.3 Å². The van der Waals surface area contributed by atoms with Crippen molar-refractivity contribution in [2.45, 2.75) is 37.9 Å². The number of nitrogens with zero attached hydrogens (tertiary/aromatic N) is 2. The first-order chi connectivity index (χ1) is 18.2. The lowest BCUT2D eigenvalue weighted by Crippen LogP contribution is -2.52. The van der Waals surface area contributed by atoms with Crippen molar-refractivity contribution in [2.24, 2.45) is 0 Å². The van der Waals surface area contributed by atoms with Crippen LogP contribution in [0, 0.1) is 0 Å². The monoisotopic (exact) mass is 528 g/mol. The molecule has 2 fully saturated rings. The Bertz CT molecular complexity index is 1190. The average molecular weight is 529 g/mol. The molecule has 1 aromatic carbocycles. The minimum atomic E-state index is -3.80. The van der Waals surface area contributed by atoms with Crippen molar-refractivity contribution in [1.29, 1.82) is 0 Å². The number of benzene rings is 1. The van der Waals surface area contributed by atoms with Crippen LogP contribution in [0.4, 0.5) is 8.78 Å². The summed E-state index contributed by atoms with van der Waals surface area (Å²) in [5.41, 5.74) is 0.910. The molecule has 4 amide bonds. The number of hydrogen-bond acceptors (Lipinski definition) is 6. The van der Waals surface area contributed by atoms with Crippen LogP contribution in [0.25, 0.3) is 0 Å². The second-order valence-corrected chi connectivity index (χ2v) is 9.37. The summed E-state index contributed by atoms with van der Waals surface area (Å²) in [7, 11) is 0. The van der Waals surface area contributed by atoms with Crippen LogP contribution in [0.3, 0.4) is 0 Å². The van der Waals surface area contributed by atoms with Crippen LogP contribution in [-0.4, -0.2) is 78.2 Å². The van der Waals surface area contributed by atoms with E-state index in [1.807, 2.05) is 6.08 Å². The zero-order valence-corrected chi connectivity index (χ0v) is 20.9. The normalized spacial score (nSPS) is 20.7. The molecule has 3 heterocycles. The van der Waals surface area contributed by atoms with Gasteiger partial charge >= 0.3 is 5.92 Å². The van der Waals surface area contributed by atoms with E-state index in [-0.39, 0.29) is 37.7 Å². The molecule has 0 aliphatic carbocycles. The van der Waals surface area contributed by atoms with E-state index in [0.717, 1.165) is 19.2 Å². The molecule has 1 unspecified atom stereocenters. The van der Waals surface area contributed by atoms with Gasteiger partial charge < -0.3 is 15.0 Å². The Balaban J connectivity index is 1.29. The summed E-state index contributed by atoms with van der Waals surface area (Å²) in [6.45, 7) is 6.98. The van der Waals surface area contributed by atoms with Gasteiger partial charge in [0.25, 0.3) is 11.8 Å². The minimum Gasteiger partial charge on any atom is -0.379 e. The number of imide groups is 1. The molecule has 0 saturated carbocycles. The summed E-state index contributed by atoms with van der Waals surface area (Å²) in [6.07, 6.45) is 6.40. The van der Waals surface area contributed by atoms with Crippen LogP contribution in [-0.2, 0) is 32.2 Å². The van der Waals surface area contributed by atoms with Crippen LogP contribution in [0.5, 0.6) is 0 Å². The lowest BCUT2D eigenvalue weighted by Gasteiger charge is -2.29. The van der Waals surface area contributed by atoms with Crippen molar-refractivity contribution in [3.05, 3.63) is 71.3 Å². The molecule has 0 radical (unpaired) electrons.